The quantitative estimate of drug-likeness (QED) is 0.465. The lowest BCUT2D eigenvalue weighted by Gasteiger charge is -2.35. The summed E-state index contributed by atoms with van der Waals surface area (Å²) in [6, 6.07) is 5.66. The molecule has 0 radical (unpaired) electrons. The number of esters is 1. The van der Waals surface area contributed by atoms with Crippen molar-refractivity contribution in [2.45, 2.75) is 26.1 Å². The molecular formula is C13H22N3O2P. The first-order valence-corrected chi connectivity index (χ1v) is 6.72. The Morgan fingerprint density at radius 1 is 1.47 bits per heavy atom. The lowest BCUT2D eigenvalue weighted by atomic mass is 10.1. The molecule has 1 aromatic carbocycles. The van der Waals surface area contributed by atoms with E-state index in [2.05, 4.69) is 9.24 Å². The summed E-state index contributed by atoms with van der Waals surface area (Å²) in [6.07, 6.45) is -0.348. The van der Waals surface area contributed by atoms with E-state index < -0.39 is 0 Å². The largest absolute Gasteiger partial charge is 0.465 e. The summed E-state index contributed by atoms with van der Waals surface area (Å²) >= 11 is 0. The average molecular weight is 283 g/mol. The van der Waals surface area contributed by atoms with Gasteiger partial charge in [-0.3, -0.25) is 0 Å². The second-order valence-electron chi connectivity index (χ2n) is 4.57. The maximum Gasteiger partial charge on any atom is 0.339 e. The summed E-state index contributed by atoms with van der Waals surface area (Å²) in [5, 5.41) is 0.911. The minimum atomic E-state index is -0.380. The van der Waals surface area contributed by atoms with Gasteiger partial charge in [0.05, 0.1) is 24.5 Å². The van der Waals surface area contributed by atoms with Gasteiger partial charge in [0.1, 0.15) is 0 Å². The highest BCUT2D eigenvalue weighted by Gasteiger charge is 2.23. The molecule has 2 unspecified atom stereocenters. The third-order valence-corrected chi connectivity index (χ3v) is 3.22. The highest BCUT2D eigenvalue weighted by Crippen LogP contribution is 2.24. The van der Waals surface area contributed by atoms with Crippen LogP contribution in [0.15, 0.2) is 18.2 Å². The van der Waals surface area contributed by atoms with E-state index in [1.165, 1.54) is 7.11 Å². The Labute approximate surface area is 116 Å². The number of hydrogen-bond donors (Lipinski definition) is 2. The van der Waals surface area contributed by atoms with Crippen LogP contribution in [0.2, 0.25) is 0 Å². The van der Waals surface area contributed by atoms with E-state index in [1.807, 2.05) is 30.9 Å². The average Bonchev–Trinajstić information content (AvgIpc) is 2.39. The van der Waals surface area contributed by atoms with Crippen LogP contribution in [0, 0.1) is 0 Å². The molecule has 0 amide bonds. The van der Waals surface area contributed by atoms with Crippen LogP contribution in [-0.4, -0.2) is 31.8 Å². The van der Waals surface area contributed by atoms with Gasteiger partial charge < -0.3 is 21.1 Å². The van der Waals surface area contributed by atoms with Gasteiger partial charge in [-0.1, -0.05) is 6.07 Å². The van der Waals surface area contributed by atoms with Crippen LogP contribution in [0.4, 0.5) is 5.69 Å². The molecule has 0 spiro atoms. The molecule has 0 saturated carbocycles. The summed E-state index contributed by atoms with van der Waals surface area (Å²) in [4.78, 5) is 13.8. The van der Waals surface area contributed by atoms with Crippen molar-refractivity contribution in [2.24, 2.45) is 11.5 Å². The number of methoxy groups -OCH3 is 1. The third-order valence-electron chi connectivity index (χ3n) is 2.86. The minimum absolute atomic E-state index is 0.123. The Hall–Kier alpha value is -1.16. The van der Waals surface area contributed by atoms with Gasteiger partial charge in [-0.05, 0) is 31.3 Å². The van der Waals surface area contributed by atoms with Gasteiger partial charge in [0, 0.05) is 12.6 Å². The van der Waals surface area contributed by atoms with Crippen molar-refractivity contribution in [1.29, 1.82) is 0 Å². The zero-order chi connectivity index (χ0) is 14.6. The highest BCUT2D eigenvalue weighted by atomic mass is 31.0. The fourth-order valence-corrected chi connectivity index (χ4v) is 2.27. The number of hydrogen-bond acceptors (Lipinski definition) is 5. The fraction of sp³-hybridized carbons (Fsp3) is 0.462. The zero-order valence-corrected chi connectivity index (χ0v) is 12.7. The van der Waals surface area contributed by atoms with Gasteiger partial charge in [-0.2, -0.15) is 0 Å². The Balaban J connectivity index is 3.33. The standard InChI is InChI=1S/C13H22N3O2P/c1-8(2)16(12(15)7-14)11-5-4-9(19)6-10(11)13(17)18-3/h4-6,8,12H,7,14-15,19H2,1-3H3. The summed E-state index contributed by atoms with van der Waals surface area (Å²) in [6.45, 7) is 4.32. The molecule has 0 fully saturated rings. The smallest absolute Gasteiger partial charge is 0.339 e. The highest BCUT2D eigenvalue weighted by molar-refractivity contribution is 7.27. The molecule has 106 valence electrons. The van der Waals surface area contributed by atoms with Crippen LogP contribution >= 0.6 is 9.24 Å². The monoisotopic (exact) mass is 283 g/mol. The van der Waals surface area contributed by atoms with Crippen LogP contribution in [0.3, 0.4) is 0 Å². The number of carbonyl (C=O) groups excluding carboxylic acids is 1. The second kappa shape index (κ2) is 6.85. The van der Waals surface area contributed by atoms with Gasteiger partial charge in [0.2, 0.25) is 0 Å². The number of anilines is 1. The first-order valence-electron chi connectivity index (χ1n) is 6.14. The molecule has 4 N–H and O–H groups in total. The number of ether oxygens (including phenoxy) is 1. The third kappa shape index (κ3) is 3.66. The van der Waals surface area contributed by atoms with Crippen LogP contribution in [-0.2, 0) is 4.74 Å². The molecule has 0 bridgehead atoms. The molecule has 0 aliphatic heterocycles. The SMILES string of the molecule is COC(=O)c1cc(P)ccc1N(C(C)C)C(N)CN. The molecule has 0 aliphatic rings. The Kier molecular flexibility index (Phi) is 5.73. The van der Waals surface area contributed by atoms with Crippen LogP contribution in [0.1, 0.15) is 24.2 Å². The number of nitrogens with zero attached hydrogens (tertiary/aromatic N) is 1. The van der Waals surface area contributed by atoms with Gasteiger partial charge in [0.25, 0.3) is 0 Å². The first kappa shape index (κ1) is 15.9. The predicted molar refractivity (Wildman–Crippen MR) is 81.8 cm³/mol. The lowest BCUT2D eigenvalue weighted by Crippen LogP contribution is -2.51. The molecule has 0 aromatic heterocycles. The molecular weight excluding hydrogens is 261 g/mol. The summed E-state index contributed by atoms with van der Waals surface area (Å²) in [5.74, 6) is -0.380. The maximum atomic E-state index is 11.9. The molecule has 0 heterocycles. The van der Waals surface area contributed by atoms with Crippen LogP contribution in [0.25, 0.3) is 0 Å². The molecule has 1 rings (SSSR count). The van der Waals surface area contributed by atoms with E-state index in [0.717, 1.165) is 11.0 Å². The number of carbonyl (C=O) groups is 1. The summed E-state index contributed by atoms with van der Waals surface area (Å²) < 4.78 is 4.83. The molecule has 0 saturated heterocycles. The molecule has 6 heteroatoms. The number of nitrogens with two attached hydrogens (primary N) is 2. The van der Waals surface area contributed by atoms with E-state index in [-0.39, 0.29) is 18.2 Å². The Morgan fingerprint density at radius 2 is 2.11 bits per heavy atom. The topological polar surface area (TPSA) is 81.6 Å². The minimum Gasteiger partial charge on any atom is -0.465 e. The summed E-state index contributed by atoms with van der Waals surface area (Å²) in [5.41, 5.74) is 12.9. The molecule has 19 heavy (non-hydrogen) atoms. The van der Waals surface area contributed by atoms with Crippen molar-refractivity contribution < 1.29 is 9.53 Å². The molecule has 0 aliphatic carbocycles. The van der Waals surface area contributed by atoms with E-state index in [4.69, 9.17) is 16.2 Å². The van der Waals surface area contributed by atoms with Crippen molar-refractivity contribution in [3.05, 3.63) is 23.8 Å². The fourth-order valence-electron chi connectivity index (χ4n) is 2.01. The first-order chi connectivity index (χ1) is 8.92. The number of benzene rings is 1. The lowest BCUT2D eigenvalue weighted by molar-refractivity contribution is 0.0601. The Bertz CT molecular complexity index is 452. The van der Waals surface area contributed by atoms with Gasteiger partial charge in [-0.25, -0.2) is 4.79 Å². The van der Waals surface area contributed by atoms with Crippen molar-refractivity contribution in [3.8, 4) is 0 Å². The van der Waals surface area contributed by atoms with E-state index in [0.29, 0.717) is 12.1 Å². The van der Waals surface area contributed by atoms with Crippen molar-refractivity contribution in [2.75, 3.05) is 18.6 Å². The Morgan fingerprint density at radius 3 is 2.58 bits per heavy atom. The van der Waals surface area contributed by atoms with Gasteiger partial charge in [-0.15, -0.1) is 9.24 Å². The molecule has 2 atom stereocenters. The molecule has 5 nitrogen and oxygen atoms in total. The van der Waals surface area contributed by atoms with Crippen molar-refractivity contribution in [1.82, 2.24) is 0 Å². The summed E-state index contributed by atoms with van der Waals surface area (Å²) in [7, 11) is 3.93. The predicted octanol–water partition coefficient (Wildman–Crippen LogP) is 0.432. The van der Waals surface area contributed by atoms with Crippen molar-refractivity contribution >= 4 is 26.2 Å². The van der Waals surface area contributed by atoms with Crippen LogP contribution in [0.5, 0.6) is 0 Å². The van der Waals surface area contributed by atoms with Crippen LogP contribution < -0.4 is 21.7 Å². The van der Waals surface area contributed by atoms with Crippen molar-refractivity contribution in [3.63, 3.8) is 0 Å². The zero-order valence-electron chi connectivity index (χ0n) is 11.6. The van der Waals surface area contributed by atoms with E-state index in [9.17, 15) is 4.79 Å². The van der Waals surface area contributed by atoms with E-state index >= 15 is 0 Å². The van der Waals surface area contributed by atoms with Gasteiger partial charge >= 0.3 is 5.97 Å². The van der Waals surface area contributed by atoms with Gasteiger partial charge in [0.15, 0.2) is 0 Å². The second-order valence-corrected chi connectivity index (χ2v) is 5.24. The number of rotatable bonds is 5. The maximum absolute atomic E-state index is 11.9. The normalized spacial score (nSPS) is 12.4. The molecule has 1 aromatic rings. The van der Waals surface area contributed by atoms with E-state index in [1.54, 1.807) is 6.07 Å².